The van der Waals surface area contributed by atoms with Crippen molar-refractivity contribution in [3.63, 3.8) is 0 Å². The summed E-state index contributed by atoms with van der Waals surface area (Å²) >= 11 is 0. The number of anilines is 1. The Labute approximate surface area is 182 Å². The molecule has 0 radical (unpaired) electrons. The number of nitrogens with zero attached hydrogens (tertiary/aromatic N) is 3. The summed E-state index contributed by atoms with van der Waals surface area (Å²) < 4.78 is 7.66. The minimum Gasteiger partial charge on any atom is -0.492 e. The van der Waals surface area contributed by atoms with E-state index in [9.17, 15) is 4.79 Å². The van der Waals surface area contributed by atoms with Gasteiger partial charge in [0.25, 0.3) is 0 Å². The number of hydrogen-bond acceptors (Lipinski definition) is 4. The highest BCUT2D eigenvalue weighted by atomic mass is 16.5. The molecule has 0 aliphatic rings. The van der Waals surface area contributed by atoms with E-state index >= 15 is 0 Å². The van der Waals surface area contributed by atoms with E-state index in [4.69, 9.17) is 4.74 Å². The predicted octanol–water partition coefficient (Wildman–Crippen LogP) is 2.63. The number of rotatable bonds is 9. The summed E-state index contributed by atoms with van der Waals surface area (Å²) in [5.74, 6) is 1.29. The van der Waals surface area contributed by atoms with Gasteiger partial charge in [0, 0.05) is 44.7 Å². The van der Waals surface area contributed by atoms with Crippen molar-refractivity contribution in [2.24, 2.45) is 4.99 Å². The van der Waals surface area contributed by atoms with Crippen molar-refractivity contribution in [3.05, 3.63) is 78.1 Å². The molecule has 162 valence electrons. The standard InChI is InChI=1S/C23H28N6O2/c1-18(30)28-21-9-5-10-22(15-21)31-14-12-25-23(24-2)26-16-19-7-3-4-8-20(19)17-29-13-6-11-27-29/h3-11,13,15H,12,14,16-17H2,1-2H3,(H,28,30)(H2,24,25,26). The largest absolute Gasteiger partial charge is 0.492 e. The second-order valence-corrected chi connectivity index (χ2v) is 6.88. The van der Waals surface area contributed by atoms with Crippen molar-refractivity contribution < 1.29 is 9.53 Å². The molecule has 1 aromatic heterocycles. The summed E-state index contributed by atoms with van der Waals surface area (Å²) in [4.78, 5) is 15.4. The predicted molar refractivity (Wildman–Crippen MR) is 122 cm³/mol. The maximum atomic E-state index is 11.2. The summed E-state index contributed by atoms with van der Waals surface area (Å²) in [5, 5.41) is 13.6. The first-order valence-corrected chi connectivity index (χ1v) is 10.1. The molecule has 1 amide bonds. The Morgan fingerprint density at radius 1 is 1.10 bits per heavy atom. The lowest BCUT2D eigenvalue weighted by Crippen LogP contribution is -2.39. The number of carbonyl (C=O) groups excluding carboxylic acids is 1. The number of aliphatic imine (C=N–C) groups is 1. The monoisotopic (exact) mass is 420 g/mol. The Balaban J connectivity index is 1.45. The van der Waals surface area contributed by atoms with Crippen LogP contribution in [-0.4, -0.2) is 41.8 Å². The van der Waals surface area contributed by atoms with Crippen molar-refractivity contribution in [1.82, 2.24) is 20.4 Å². The average molecular weight is 421 g/mol. The molecule has 0 fully saturated rings. The number of amides is 1. The van der Waals surface area contributed by atoms with Crippen molar-refractivity contribution in [2.75, 3.05) is 25.5 Å². The molecule has 0 saturated carbocycles. The first kappa shape index (κ1) is 21.9. The van der Waals surface area contributed by atoms with Gasteiger partial charge in [-0.15, -0.1) is 0 Å². The molecule has 0 atom stereocenters. The van der Waals surface area contributed by atoms with Gasteiger partial charge >= 0.3 is 0 Å². The van der Waals surface area contributed by atoms with Crippen LogP contribution in [-0.2, 0) is 17.9 Å². The van der Waals surface area contributed by atoms with Crippen LogP contribution in [0, 0.1) is 0 Å². The zero-order valence-corrected chi connectivity index (χ0v) is 17.8. The Morgan fingerprint density at radius 3 is 2.68 bits per heavy atom. The Morgan fingerprint density at radius 2 is 1.94 bits per heavy atom. The van der Waals surface area contributed by atoms with E-state index < -0.39 is 0 Å². The van der Waals surface area contributed by atoms with Crippen LogP contribution in [0.2, 0.25) is 0 Å². The second-order valence-electron chi connectivity index (χ2n) is 6.88. The Bertz CT molecular complexity index is 1000. The minimum atomic E-state index is -0.111. The van der Waals surface area contributed by atoms with Crippen molar-refractivity contribution in [3.8, 4) is 5.75 Å². The highest BCUT2D eigenvalue weighted by Crippen LogP contribution is 2.17. The molecule has 1 heterocycles. The summed E-state index contributed by atoms with van der Waals surface area (Å²) in [6.45, 7) is 3.89. The van der Waals surface area contributed by atoms with Gasteiger partial charge in [-0.2, -0.15) is 5.10 Å². The van der Waals surface area contributed by atoms with Crippen molar-refractivity contribution >= 4 is 17.6 Å². The number of guanidine groups is 1. The number of nitrogens with one attached hydrogen (secondary N) is 3. The smallest absolute Gasteiger partial charge is 0.221 e. The van der Waals surface area contributed by atoms with E-state index in [0.717, 1.165) is 6.54 Å². The molecule has 3 rings (SSSR count). The fourth-order valence-corrected chi connectivity index (χ4v) is 3.06. The first-order valence-electron chi connectivity index (χ1n) is 10.1. The van der Waals surface area contributed by atoms with Gasteiger partial charge in [-0.3, -0.25) is 14.5 Å². The van der Waals surface area contributed by atoms with Gasteiger partial charge in [-0.05, 0) is 29.3 Å². The molecule has 8 nitrogen and oxygen atoms in total. The lowest BCUT2D eigenvalue weighted by atomic mass is 10.1. The number of carbonyl (C=O) groups is 1. The Hall–Kier alpha value is -3.81. The van der Waals surface area contributed by atoms with Crippen LogP contribution < -0.4 is 20.7 Å². The van der Waals surface area contributed by atoms with Gasteiger partial charge in [0.2, 0.25) is 5.91 Å². The highest BCUT2D eigenvalue weighted by molar-refractivity contribution is 5.88. The van der Waals surface area contributed by atoms with Crippen molar-refractivity contribution in [2.45, 2.75) is 20.0 Å². The summed E-state index contributed by atoms with van der Waals surface area (Å²) in [7, 11) is 1.74. The molecule has 0 spiro atoms. The van der Waals surface area contributed by atoms with Gasteiger partial charge in [0.1, 0.15) is 12.4 Å². The molecule has 8 heteroatoms. The van der Waals surface area contributed by atoms with Crippen LogP contribution in [0.25, 0.3) is 0 Å². The minimum absolute atomic E-state index is 0.111. The van der Waals surface area contributed by atoms with Crippen LogP contribution in [0.5, 0.6) is 5.75 Å². The maximum Gasteiger partial charge on any atom is 0.221 e. The quantitative estimate of drug-likeness (QED) is 0.281. The van der Waals surface area contributed by atoms with Gasteiger partial charge in [-0.25, -0.2) is 0 Å². The topological polar surface area (TPSA) is 92.6 Å². The third kappa shape index (κ3) is 7.18. The highest BCUT2D eigenvalue weighted by Gasteiger charge is 2.05. The summed E-state index contributed by atoms with van der Waals surface area (Å²) in [5.41, 5.74) is 3.10. The molecule has 31 heavy (non-hydrogen) atoms. The second kappa shape index (κ2) is 11.4. The summed E-state index contributed by atoms with van der Waals surface area (Å²) in [6, 6.07) is 17.5. The fourth-order valence-electron chi connectivity index (χ4n) is 3.06. The maximum absolute atomic E-state index is 11.2. The first-order chi connectivity index (χ1) is 15.1. The van der Waals surface area contributed by atoms with Crippen LogP contribution in [0.1, 0.15) is 18.1 Å². The zero-order chi connectivity index (χ0) is 21.9. The van der Waals surface area contributed by atoms with E-state index in [-0.39, 0.29) is 5.91 Å². The summed E-state index contributed by atoms with van der Waals surface area (Å²) in [6.07, 6.45) is 3.74. The molecular formula is C23H28N6O2. The average Bonchev–Trinajstić information content (AvgIpc) is 3.27. The van der Waals surface area contributed by atoms with Gasteiger partial charge in [-0.1, -0.05) is 30.3 Å². The number of hydrogen-bond donors (Lipinski definition) is 3. The lowest BCUT2D eigenvalue weighted by molar-refractivity contribution is -0.114. The number of benzene rings is 2. The zero-order valence-electron chi connectivity index (χ0n) is 17.8. The number of ether oxygens (including phenoxy) is 1. The van der Waals surface area contributed by atoms with Crippen molar-refractivity contribution in [1.29, 1.82) is 0 Å². The van der Waals surface area contributed by atoms with Crippen LogP contribution >= 0.6 is 0 Å². The molecule has 3 aromatic rings. The van der Waals surface area contributed by atoms with Gasteiger partial charge in [0.05, 0.1) is 13.1 Å². The van der Waals surface area contributed by atoms with Crippen LogP contribution in [0.3, 0.4) is 0 Å². The molecule has 0 unspecified atom stereocenters. The Kier molecular flexibility index (Phi) is 8.05. The molecule has 0 saturated heterocycles. The van der Waals surface area contributed by atoms with E-state index in [1.165, 1.54) is 18.1 Å². The van der Waals surface area contributed by atoms with E-state index in [2.05, 4.69) is 38.2 Å². The van der Waals surface area contributed by atoms with E-state index in [1.54, 1.807) is 19.3 Å². The SMILES string of the molecule is CN=C(NCCOc1cccc(NC(C)=O)c1)NCc1ccccc1Cn1cccn1. The third-order valence-electron chi connectivity index (χ3n) is 4.50. The van der Waals surface area contributed by atoms with Gasteiger partial charge in [0.15, 0.2) is 5.96 Å². The molecule has 0 aliphatic heterocycles. The third-order valence-corrected chi connectivity index (χ3v) is 4.50. The molecular weight excluding hydrogens is 392 g/mol. The van der Waals surface area contributed by atoms with Gasteiger partial charge < -0.3 is 20.7 Å². The molecule has 0 bridgehead atoms. The lowest BCUT2D eigenvalue weighted by Gasteiger charge is -2.15. The van der Waals surface area contributed by atoms with E-state index in [1.807, 2.05) is 47.3 Å². The van der Waals surface area contributed by atoms with Crippen LogP contribution in [0.15, 0.2) is 72.0 Å². The fraction of sp³-hybridized carbons (Fsp3) is 0.261. The molecule has 0 aliphatic carbocycles. The van der Waals surface area contributed by atoms with Crippen LogP contribution in [0.4, 0.5) is 5.69 Å². The molecule has 3 N–H and O–H groups in total. The number of aromatic nitrogens is 2. The van der Waals surface area contributed by atoms with E-state index in [0.29, 0.717) is 37.1 Å². The normalized spacial score (nSPS) is 11.1. The molecule has 2 aromatic carbocycles.